The van der Waals surface area contributed by atoms with Crippen LogP contribution in [0.5, 0.6) is 5.75 Å². The van der Waals surface area contributed by atoms with E-state index in [9.17, 15) is 23.7 Å². The van der Waals surface area contributed by atoms with Gasteiger partial charge in [-0.25, -0.2) is 4.79 Å². The van der Waals surface area contributed by atoms with Crippen LogP contribution in [-0.4, -0.2) is 23.6 Å². The number of nitrogens with one attached hydrogen (secondary N) is 2. The standard InChI is InChI=1S/C13H17F2N3O4/c1-7(2)8(3)16-13(19)17-10-6-9(18(20)21)4-5-11(10)22-12(14)15/h4-8,12H,1-3H3,(H2,16,17,19). The smallest absolute Gasteiger partial charge is 0.387 e. The van der Waals surface area contributed by atoms with Gasteiger partial charge in [0, 0.05) is 18.2 Å². The molecule has 0 fully saturated rings. The van der Waals surface area contributed by atoms with E-state index in [1.807, 2.05) is 13.8 Å². The summed E-state index contributed by atoms with van der Waals surface area (Å²) in [6.07, 6.45) is 0. The fourth-order valence-electron chi connectivity index (χ4n) is 1.46. The Labute approximate surface area is 125 Å². The van der Waals surface area contributed by atoms with Crippen molar-refractivity contribution in [3.63, 3.8) is 0 Å². The summed E-state index contributed by atoms with van der Waals surface area (Å²) < 4.78 is 28.9. The number of nitro benzene ring substituents is 1. The maximum Gasteiger partial charge on any atom is 0.387 e. The van der Waals surface area contributed by atoms with Crippen LogP contribution in [0.3, 0.4) is 0 Å². The average Bonchev–Trinajstić information content (AvgIpc) is 2.39. The molecule has 0 spiro atoms. The Bertz CT molecular complexity index is 552. The number of benzene rings is 1. The molecule has 2 amide bonds. The van der Waals surface area contributed by atoms with Crippen LogP contribution in [0.2, 0.25) is 0 Å². The van der Waals surface area contributed by atoms with E-state index in [0.29, 0.717) is 0 Å². The van der Waals surface area contributed by atoms with E-state index in [1.54, 1.807) is 6.92 Å². The van der Waals surface area contributed by atoms with Crippen LogP contribution < -0.4 is 15.4 Å². The molecule has 0 aliphatic carbocycles. The normalized spacial score (nSPS) is 12.1. The van der Waals surface area contributed by atoms with Crippen LogP contribution in [0.15, 0.2) is 18.2 Å². The molecule has 1 atom stereocenters. The van der Waals surface area contributed by atoms with Gasteiger partial charge in [-0.3, -0.25) is 10.1 Å². The summed E-state index contributed by atoms with van der Waals surface area (Å²) in [7, 11) is 0. The molecular formula is C13H17F2N3O4. The number of hydrogen-bond acceptors (Lipinski definition) is 4. The molecule has 0 aliphatic heterocycles. The van der Waals surface area contributed by atoms with Gasteiger partial charge in [0.15, 0.2) is 0 Å². The Kier molecular flexibility index (Phi) is 6.02. The molecule has 1 unspecified atom stereocenters. The number of hydrogen-bond donors (Lipinski definition) is 2. The van der Waals surface area contributed by atoms with Gasteiger partial charge in [-0.15, -0.1) is 0 Å². The average molecular weight is 317 g/mol. The third kappa shape index (κ3) is 5.15. The topological polar surface area (TPSA) is 93.5 Å². The first kappa shape index (κ1) is 17.6. The zero-order chi connectivity index (χ0) is 16.9. The molecule has 1 aromatic rings. The largest absolute Gasteiger partial charge is 0.433 e. The number of rotatable bonds is 6. The minimum Gasteiger partial charge on any atom is -0.433 e. The van der Waals surface area contributed by atoms with Crippen molar-refractivity contribution in [2.45, 2.75) is 33.4 Å². The highest BCUT2D eigenvalue weighted by molar-refractivity contribution is 5.91. The van der Waals surface area contributed by atoms with Crippen LogP contribution in [0.25, 0.3) is 0 Å². The second kappa shape index (κ2) is 7.53. The number of urea groups is 1. The Morgan fingerprint density at radius 1 is 1.32 bits per heavy atom. The van der Waals surface area contributed by atoms with Crippen LogP contribution in [0.4, 0.5) is 25.0 Å². The van der Waals surface area contributed by atoms with Crippen LogP contribution in [0, 0.1) is 16.0 Å². The number of anilines is 1. The first-order chi connectivity index (χ1) is 10.2. The monoisotopic (exact) mass is 317 g/mol. The van der Waals surface area contributed by atoms with Crippen LogP contribution in [0.1, 0.15) is 20.8 Å². The number of carbonyl (C=O) groups is 1. The Balaban J connectivity index is 2.96. The molecule has 0 radical (unpaired) electrons. The summed E-state index contributed by atoms with van der Waals surface area (Å²) in [5.74, 6) is -0.194. The maximum atomic E-state index is 12.3. The lowest BCUT2D eigenvalue weighted by Crippen LogP contribution is -2.39. The Morgan fingerprint density at radius 3 is 2.45 bits per heavy atom. The third-order valence-electron chi connectivity index (χ3n) is 3.00. The second-order valence-electron chi connectivity index (χ2n) is 4.95. The van der Waals surface area contributed by atoms with Crippen molar-refractivity contribution in [1.29, 1.82) is 0 Å². The van der Waals surface area contributed by atoms with E-state index < -0.39 is 17.6 Å². The van der Waals surface area contributed by atoms with Gasteiger partial charge < -0.3 is 15.4 Å². The first-order valence-electron chi connectivity index (χ1n) is 6.51. The van der Waals surface area contributed by atoms with Crippen molar-refractivity contribution in [2.75, 3.05) is 5.32 Å². The lowest BCUT2D eigenvalue weighted by Gasteiger charge is -2.18. The van der Waals surface area contributed by atoms with Gasteiger partial charge in [-0.05, 0) is 18.9 Å². The maximum absolute atomic E-state index is 12.3. The summed E-state index contributed by atoms with van der Waals surface area (Å²) in [5, 5.41) is 15.6. The van der Waals surface area contributed by atoms with Crippen molar-refractivity contribution in [2.24, 2.45) is 5.92 Å². The van der Waals surface area contributed by atoms with Crippen molar-refractivity contribution in [3.05, 3.63) is 28.3 Å². The minimum atomic E-state index is -3.11. The summed E-state index contributed by atoms with van der Waals surface area (Å²) >= 11 is 0. The zero-order valence-electron chi connectivity index (χ0n) is 12.3. The van der Waals surface area contributed by atoms with Crippen molar-refractivity contribution < 1.29 is 23.2 Å². The zero-order valence-corrected chi connectivity index (χ0v) is 12.3. The van der Waals surface area contributed by atoms with Crippen LogP contribution >= 0.6 is 0 Å². The van der Waals surface area contributed by atoms with Crippen molar-refractivity contribution in [3.8, 4) is 5.75 Å². The number of nitro groups is 1. The highest BCUT2D eigenvalue weighted by Crippen LogP contribution is 2.30. The van der Waals surface area contributed by atoms with Gasteiger partial charge in [0.1, 0.15) is 5.75 Å². The minimum absolute atomic E-state index is 0.160. The summed E-state index contributed by atoms with van der Waals surface area (Å²) in [4.78, 5) is 21.8. The molecule has 1 aromatic carbocycles. The van der Waals surface area contributed by atoms with E-state index >= 15 is 0 Å². The molecule has 0 heterocycles. The number of halogens is 2. The molecular weight excluding hydrogens is 300 g/mol. The highest BCUT2D eigenvalue weighted by Gasteiger charge is 2.18. The number of amides is 2. The van der Waals surface area contributed by atoms with Gasteiger partial charge in [-0.2, -0.15) is 8.78 Å². The summed E-state index contributed by atoms with van der Waals surface area (Å²) in [6, 6.07) is 2.14. The Hall–Kier alpha value is -2.45. The van der Waals surface area contributed by atoms with Gasteiger partial charge in [0.2, 0.25) is 0 Å². The predicted molar refractivity (Wildman–Crippen MR) is 76.2 cm³/mol. The van der Waals surface area contributed by atoms with E-state index in [1.165, 1.54) is 0 Å². The number of ether oxygens (including phenoxy) is 1. The Morgan fingerprint density at radius 2 is 1.95 bits per heavy atom. The quantitative estimate of drug-likeness (QED) is 0.621. The highest BCUT2D eigenvalue weighted by atomic mass is 19.3. The lowest BCUT2D eigenvalue weighted by molar-refractivity contribution is -0.384. The molecule has 0 aromatic heterocycles. The molecule has 2 N–H and O–H groups in total. The molecule has 7 nitrogen and oxygen atoms in total. The second-order valence-corrected chi connectivity index (χ2v) is 4.95. The third-order valence-corrected chi connectivity index (χ3v) is 3.00. The van der Waals surface area contributed by atoms with Crippen LogP contribution in [-0.2, 0) is 0 Å². The van der Waals surface area contributed by atoms with Crippen molar-refractivity contribution in [1.82, 2.24) is 5.32 Å². The molecule has 0 saturated heterocycles. The van der Waals surface area contributed by atoms with Gasteiger partial charge in [0.05, 0.1) is 10.6 Å². The molecule has 0 aliphatic rings. The first-order valence-corrected chi connectivity index (χ1v) is 6.51. The lowest BCUT2D eigenvalue weighted by atomic mass is 10.1. The SMILES string of the molecule is CC(C)C(C)NC(=O)Nc1cc([N+](=O)[O-])ccc1OC(F)F. The summed E-state index contributed by atoms with van der Waals surface area (Å²) in [5.41, 5.74) is -0.559. The van der Waals surface area contributed by atoms with E-state index in [4.69, 9.17) is 0 Å². The molecule has 122 valence electrons. The number of carbonyl (C=O) groups excluding carboxylic acids is 1. The van der Waals surface area contributed by atoms with E-state index in [-0.39, 0.29) is 29.1 Å². The molecule has 0 bridgehead atoms. The predicted octanol–water partition coefficient (Wildman–Crippen LogP) is 3.36. The number of nitrogens with zero attached hydrogens (tertiary/aromatic N) is 1. The fourth-order valence-corrected chi connectivity index (χ4v) is 1.46. The molecule has 1 rings (SSSR count). The number of alkyl halides is 2. The number of non-ortho nitro benzene ring substituents is 1. The van der Waals surface area contributed by atoms with E-state index in [0.717, 1.165) is 18.2 Å². The van der Waals surface area contributed by atoms with Gasteiger partial charge in [0.25, 0.3) is 5.69 Å². The molecule has 9 heteroatoms. The van der Waals surface area contributed by atoms with Crippen molar-refractivity contribution >= 4 is 17.4 Å². The molecule has 22 heavy (non-hydrogen) atoms. The van der Waals surface area contributed by atoms with Gasteiger partial charge in [-0.1, -0.05) is 13.8 Å². The molecule has 0 saturated carbocycles. The van der Waals surface area contributed by atoms with Gasteiger partial charge >= 0.3 is 12.6 Å². The fraction of sp³-hybridized carbons (Fsp3) is 0.462. The summed E-state index contributed by atoms with van der Waals surface area (Å²) in [6.45, 7) is 2.45. The van der Waals surface area contributed by atoms with E-state index in [2.05, 4.69) is 15.4 Å².